The summed E-state index contributed by atoms with van der Waals surface area (Å²) in [5.74, 6) is 3.00. The Morgan fingerprint density at radius 3 is 2.82 bits per heavy atom. The maximum atomic E-state index is 6.02. The monoisotopic (exact) mass is 273 g/mol. The van der Waals surface area contributed by atoms with Crippen LogP contribution in [0.5, 0.6) is 5.75 Å². The van der Waals surface area contributed by atoms with Gasteiger partial charge in [-0.3, -0.25) is 0 Å². The quantitative estimate of drug-likeness (QED) is 0.765. The van der Waals surface area contributed by atoms with Crippen molar-refractivity contribution in [2.24, 2.45) is 0 Å². The second-order valence-electron chi connectivity index (χ2n) is 3.81. The van der Waals surface area contributed by atoms with Crippen LogP contribution in [0.3, 0.4) is 0 Å². The number of benzene rings is 1. The van der Waals surface area contributed by atoms with E-state index in [1.54, 1.807) is 7.11 Å². The molecule has 96 valence electrons. The molecular formula is C13H20ClNOS. The standard InChI is InChI=1S/C13H20ClNOS/c1-4-7-17-9-12(15-2)10-5-6-11(14)13(8-10)16-3/h5-6,8,12,15H,4,7,9H2,1-3H3. The van der Waals surface area contributed by atoms with Gasteiger partial charge in [0.2, 0.25) is 0 Å². The van der Waals surface area contributed by atoms with Crippen LogP contribution in [-0.2, 0) is 0 Å². The molecule has 0 heterocycles. The minimum absolute atomic E-state index is 0.345. The second-order valence-corrected chi connectivity index (χ2v) is 5.37. The number of halogens is 1. The third-order valence-corrected chi connectivity index (χ3v) is 4.14. The Morgan fingerprint density at radius 2 is 2.24 bits per heavy atom. The van der Waals surface area contributed by atoms with Gasteiger partial charge in [-0.25, -0.2) is 0 Å². The molecule has 1 aromatic rings. The van der Waals surface area contributed by atoms with Crippen molar-refractivity contribution >= 4 is 23.4 Å². The Kier molecular flexibility index (Phi) is 6.78. The van der Waals surface area contributed by atoms with Gasteiger partial charge in [0.05, 0.1) is 12.1 Å². The zero-order valence-electron chi connectivity index (χ0n) is 10.6. The molecule has 0 bridgehead atoms. The van der Waals surface area contributed by atoms with E-state index in [0.717, 1.165) is 11.5 Å². The van der Waals surface area contributed by atoms with Crippen molar-refractivity contribution in [1.29, 1.82) is 0 Å². The zero-order chi connectivity index (χ0) is 12.7. The van der Waals surface area contributed by atoms with E-state index in [1.807, 2.05) is 30.9 Å². The molecule has 1 rings (SSSR count). The van der Waals surface area contributed by atoms with Crippen molar-refractivity contribution in [3.05, 3.63) is 28.8 Å². The summed E-state index contributed by atoms with van der Waals surface area (Å²) >= 11 is 7.98. The van der Waals surface area contributed by atoms with Crippen molar-refractivity contribution in [2.45, 2.75) is 19.4 Å². The lowest BCUT2D eigenvalue weighted by atomic mass is 10.1. The Hall–Kier alpha value is -0.380. The van der Waals surface area contributed by atoms with Crippen molar-refractivity contribution in [2.75, 3.05) is 25.7 Å². The van der Waals surface area contributed by atoms with Crippen LogP contribution in [0.25, 0.3) is 0 Å². The summed E-state index contributed by atoms with van der Waals surface area (Å²) in [7, 11) is 3.63. The van der Waals surface area contributed by atoms with Gasteiger partial charge >= 0.3 is 0 Å². The van der Waals surface area contributed by atoms with E-state index in [0.29, 0.717) is 11.1 Å². The van der Waals surface area contributed by atoms with Crippen LogP contribution in [0.4, 0.5) is 0 Å². The zero-order valence-corrected chi connectivity index (χ0v) is 12.2. The van der Waals surface area contributed by atoms with Crippen LogP contribution in [0.1, 0.15) is 24.9 Å². The van der Waals surface area contributed by atoms with E-state index in [-0.39, 0.29) is 0 Å². The highest BCUT2D eigenvalue weighted by atomic mass is 35.5. The lowest BCUT2D eigenvalue weighted by Gasteiger charge is -2.17. The molecule has 0 aliphatic heterocycles. The first kappa shape index (κ1) is 14.7. The molecule has 0 saturated carbocycles. The molecule has 0 aliphatic rings. The van der Waals surface area contributed by atoms with Gasteiger partial charge in [-0.2, -0.15) is 11.8 Å². The van der Waals surface area contributed by atoms with Crippen molar-refractivity contribution in [3.8, 4) is 5.75 Å². The van der Waals surface area contributed by atoms with Crippen LogP contribution in [0, 0.1) is 0 Å². The van der Waals surface area contributed by atoms with Gasteiger partial charge in [0.15, 0.2) is 0 Å². The Labute approximate surface area is 113 Å². The number of rotatable bonds is 7. The molecule has 0 aromatic heterocycles. The molecule has 0 amide bonds. The lowest BCUT2D eigenvalue weighted by Crippen LogP contribution is -2.19. The average Bonchev–Trinajstić information content (AvgIpc) is 2.36. The molecule has 1 unspecified atom stereocenters. The van der Waals surface area contributed by atoms with E-state index >= 15 is 0 Å². The number of methoxy groups -OCH3 is 1. The molecule has 1 N–H and O–H groups in total. The van der Waals surface area contributed by atoms with E-state index in [1.165, 1.54) is 17.7 Å². The molecule has 2 nitrogen and oxygen atoms in total. The fourth-order valence-corrected chi connectivity index (χ4v) is 2.83. The van der Waals surface area contributed by atoms with Gasteiger partial charge in [-0.15, -0.1) is 0 Å². The molecule has 1 atom stereocenters. The first-order valence-corrected chi connectivity index (χ1v) is 7.34. The Morgan fingerprint density at radius 1 is 1.47 bits per heavy atom. The molecule has 4 heteroatoms. The molecule has 0 aliphatic carbocycles. The van der Waals surface area contributed by atoms with Gasteiger partial charge in [-0.1, -0.05) is 24.6 Å². The maximum Gasteiger partial charge on any atom is 0.137 e. The normalized spacial score (nSPS) is 12.5. The molecule has 1 aromatic carbocycles. The highest BCUT2D eigenvalue weighted by Gasteiger charge is 2.11. The molecular weight excluding hydrogens is 254 g/mol. The molecule has 0 saturated heterocycles. The number of ether oxygens (including phenoxy) is 1. The average molecular weight is 274 g/mol. The minimum Gasteiger partial charge on any atom is -0.495 e. The van der Waals surface area contributed by atoms with Crippen LogP contribution < -0.4 is 10.1 Å². The fourth-order valence-electron chi connectivity index (χ4n) is 1.58. The molecule has 17 heavy (non-hydrogen) atoms. The number of nitrogens with one attached hydrogen (secondary N) is 1. The van der Waals surface area contributed by atoms with E-state index in [2.05, 4.69) is 18.3 Å². The smallest absolute Gasteiger partial charge is 0.137 e. The Bertz CT molecular complexity index is 346. The predicted octanol–water partition coefficient (Wildman–Crippen LogP) is 3.75. The second kappa shape index (κ2) is 7.85. The van der Waals surface area contributed by atoms with Crippen LogP contribution >= 0.6 is 23.4 Å². The first-order valence-electron chi connectivity index (χ1n) is 5.81. The highest BCUT2D eigenvalue weighted by Crippen LogP contribution is 2.28. The number of hydrogen-bond acceptors (Lipinski definition) is 3. The minimum atomic E-state index is 0.345. The lowest BCUT2D eigenvalue weighted by molar-refractivity contribution is 0.414. The Balaban J connectivity index is 2.73. The van der Waals surface area contributed by atoms with Crippen molar-refractivity contribution in [1.82, 2.24) is 5.32 Å². The summed E-state index contributed by atoms with van der Waals surface area (Å²) < 4.78 is 5.24. The fraction of sp³-hybridized carbons (Fsp3) is 0.538. The van der Waals surface area contributed by atoms with Gasteiger partial charge in [0.25, 0.3) is 0 Å². The van der Waals surface area contributed by atoms with Crippen LogP contribution in [0.15, 0.2) is 18.2 Å². The number of hydrogen-bond donors (Lipinski definition) is 1. The van der Waals surface area contributed by atoms with Crippen LogP contribution in [0.2, 0.25) is 5.02 Å². The largest absolute Gasteiger partial charge is 0.495 e. The van der Waals surface area contributed by atoms with E-state index in [9.17, 15) is 0 Å². The third kappa shape index (κ3) is 4.41. The molecule has 0 radical (unpaired) electrons. The summed E-state index contributed by atoms with van der Waals surface area (Å²) in [6.45, 7) is 2.20. The highest BCUT2D eigenvalue weighted by molar-refractivity contribution is 7.99. The van der Waals surface area contributed by atoms with Crippen LogP contribution in [-0.4, -0.2) is 25.7 Å². The molecule has 0 fully saturated rings. The van der Waals surface area contributed by atoms with Gasteiger partial charge in [-0.05, 0) is 36.9 Å². The summed E-state index contributed by atoms with van der Waals surface area (Å²) in [6.07, 6.45) is 1.21. The van der Waals surface area contributed by atoms with Crippen molar-refractivity contribution in [3.63, 3.8) is 0 Å². The third-order valence-electron chi connectivity index (χ3n) is 2.56. The SMILES string of the molecule is CCCSCC(NC)c1ccc(Cl)c(OC)c1. The maximum absolute atomic E-state index is 6.02. The van der Waals surface area contributed by atoms with Gasteiger partial charge in [0, 0.05) is 11.8 Å². The van der Waals surface area contributed by atoms with Gasteiger partial charge in [0.1, 0.15) is 5.75 Å². The summed E-state index contributed by atoms with van der Waals surface area (Å²) in [5.41, 5.74) is 1.22. The van der Waals surface area contributed by atoms with E-state index < -0.39 is 0 Å². The summed E-state index contributed by atoms with van der Waals surface area (Å²) in [4.78, 5) is 0. The van der Waals surface area contributed by atoms with Gasteiger partial charge < -0.3 is 10.1 Å². The topological polar surface area (TPSA) is 21.3 Å². The molecule has 0 spiro atoms. The summed E-state index contributed by atoms with van der Waals surface area (Å²) in [6, 6.07) is 6.30. The van der Waals surface area contributed by atoms with Crippen molar-refractivity contribution < 1.29 is 4.74 Å². The predicted molar refractivity (Wildman–Crippen MR) is 77.4 cm³/mol. The summed E-state index contributed by atoms with van der Waals surface area (Å²) in [5, 5.41) is 3.99. The van der Waals surface area contributed by atoms with E-state index in [4.69, 9.17) is 16.3 Å². The number of thioether (sulfide) groups is 1. The first-order chi connectivity index (χ1) is 8.22.